The summed E-state index contributed by atoms with van der Waals surface area (Å²) in [6.07, 6.45) is 3.84. The first kappa shape index (κ1) is 15.3. The molecule has 1 atom stereocenters. The molecule has 1 aromatic heterocycles. The van der Waals surface area contributed by atoms with Crippen molar-refractivity contribution in [1.29, 1.82) is 0 Å². The zero-order valence-corrected chi connectivity index (χ0v) is 12.8. The summed E-state index contributed by atoms with van der Waals surface area (Å²) in [6, 6.07) is 10.0. The number of carbonyl (C=O) groups is 1. The SMILES string of the molecule is CC(NCc1cnn(Cc2ccccc2)c1)C(=O)N(C)C. The fourth-order valence-corrected chi connectivity index (χ4v) is 2.10. The fraction of sp³-hybridized carbons (Fsp3) is 0.375. The predicted octanol–water partition coefficient (Wildman–Crippen LogP) is 1.50. The van der Waals surface area contributed by atoms with Crippen LogP contribution in [0.2, 0.25) is 0 Å². The molecule has 0 aliphatic rings. The smallest absolute Gasteiger partial charge is 0.238 e. The Balaban J connectivity index is 1.87. The fourth-order valence-electron chi connectivity index (χ4n) is 2.10. The number of aromatic nitrogens is 2. The number of carbonyl (C=O) groups excluding carboxylic acids is 1. The molecule has 1 amide bonds. The quantitative estimate of drug-likeness (QED) is 0.875. The molecule has 0 radical (unpaired) electrons. The van der Waals surface area contributed by atoms with Crippen LogP contribution in [-0.4, -0.2) is 40.7 Å². The third kappa shape index (κ3) is 4.43. The van der Waals surface area contributed by atoms with Crippen LogP contribution in [0, 0.1) is 0 Å². The number of hydrogen-bond donors (Lipinski definition) is 1. The van der Waals surface area contributed by atoms with Crippen LogP contribution in [0.5, 0.6) is 0 Å². The molecule has 1 aromatic carbocycles. The second-order valence-corrected chi connectivity index (χ2v) is 5.37. The van der Waals surface area contributed by atoms with Crippen LogP contribution in [-0.2, 0) is 17.9 Å². The molecule has 5 nitrogen and oxygen atoms in total. The van der Waals surface area contributed by atoms with E-state index in [0.29, 0.717) is 6.54 Å². The Hall–Kier alpha value is -2.14. The van der Waals surface area contributed by atoms with Gasteiger partial charge in [-0.1, -0.05) is 30.3 Å². The minimum atomic E-state index is -0.197. The van der Waals surface area contributed by atoms with Crippen molar-refractivity contribution in [2.75, 3.05) is 14.1 Å². The first-order valence-corrected chi connectivity index (χ1v) is 7.06. The molecule has 112 valence electrons. The van der Waals surface area contributed by atoms with E-state index in [-0.39, 0.29) is 11.9 Å². The molecule has 2 rings (SSSR count). The van der Waals surface area contributed by atoms with Crippen molar-refractivity contribution >= 4 is 5.91 Å². The van der Waals surface area contributed by atoms with Crippen molar-refractivity contribution in [1.82, 2.24) is 20.0 Å². The molecular weight excluding hydrogens is 264 g/mol. The summed E-state index contributed by atoms with van der Waals surface area (Å²) in [6.45, 7) is 3.26. The van der Waals surface area contributed by atoms with Gasteiger partial charge in [0.25, 0.3) is 0 Å². The molecule has 5 heteroatoms. The molecule has 1 unspecified atom stereocenters. The molecule has 0 aliphatic carbocycles. The van der Waals surface area contributed by atoms with Crippen LogP contribution in [0.4, 0.5) is 0 Å². The summed E-state index contributed by atoms with van der Waals surface area (Å²) in [4.78, 5) is 13.3. The Morgan fingerprint density at radius 1 is 1.29 bits per heavy atom. The third-order valence-electron chi connectivity index (χ3n) is 3.30. The Kier molecular flexibility index (Phi) is 5.11. The maximum Gasteiger partial charge on any atom is 0.238 e. The van der Waals surface area contributed by atoms with Crippen molar-refractivity contribution in [3.63, 3.8) is 0 Å². The van der Waals surface area contributed by atoms with Crippen LogP contribution >= 0.6 is 0 Å². The van der Waals surface area contributed by atoms with Crippen molar-refractivity contribution in [3.05, 3.63) is 53.9 Å². The number of benzene rings is 1. The van der Waals surface area contributed by atoms with E-state index in [1.165, 1.54) is 5.56 Å². The maximum atomic E-state index is 11.8. The van der Waals surface area contributed by atoms with E-state index >= 15 is 0 Å². The molecule has 0 saturated carbocycles. The van der Waals surface area contributed by atoms with Gasteiger partial charge in [-0.15, -0.1) is 0 Å². The normalized spacial score (nSPS) is 12.1. The van der Waals surface area contributed by atoms with Crippen molar-refractivity contribution in [2.45, 2.75) is 26.1 Å². The van der Waals surface area contributed by atoms with Crippen molar-refractivity contribution in [3.8, 4) is 0 Å². The predicted molar refractivity (Wildman–Crippen MR) is 82.8 cm³/mol. The van der Waals surface area contributed by atoms with Crippen LogP contribution in [0.25, 0.3) is 0 Å². The van der Waals surface area contributed by atoms with E-state index in [1.54, 1.807) is 19.0 Å². The minimum Gasteiger partial charge on any atom is -0.347 e. The lowest BCUT2D eigenvalue weighted by Crippen LogP contribution is -2.41. The van der Waals surface area contributed by atoms with Gasteiger partial charge in [-0.05, 0) is 12.5 Å². The monoisotopic (exact) mass is 286 g/mol. The van der Waals surface area contributed by atoms with Crippen LogP contribution < -0.4 is 5.32 Å². The number of nitrogens with one attached hydrogen (secondary N) is 1. The van der Waals surface area contributed by atoms with Gasteiger partial charge in [0.15, 0.2) is 0 Å². The molecule has 1 heterocycles. The molecular formula is C16H22N4O. The first-order chi connectivity index (χ1) is 10.1. The van der Waals surface area contributed by atoms with Gasteiger partial charge in [0.05, 0.1) is 18.8 Å². The highest BCUT2D eigenvalue weighted by Crippen LogP contribution is 2.04. The van der Waals surface area contributed by atoms with Crippen LogP contribution in [0.15, 0.2) is 42.7 Å². The Morgan fingerprint density at radius 3 is 2.67 bits per heavy atom. The first-order valence-electron chi connectivity index (χ1n) is 7.06. The minimum absolute atomic E-state index is 0.0756. The molecule has 2 aromatic rings. The molecule has 0 bridgehead atoms. The summed E-state index contributed by atoms with van der Waals surface area (Å²) in [5.74, 6) is 0.0756. The largest absolute Gasteiger partial charge is 0.347 e. The van der Waals surface area contributed by atoms with E-state index in [0.717, 1.165) is 12.1 Å². The second kappa shape index (κ2) is 7.04. The van der Waals surface area contributed by atoms with Gasteiger partial charge in [0.1, 0.15) is 0 Å². The highest BCUT2D eigenvalue weighted by atomic mass is 16.2. The van der Waals surface area contributed by atoms with E-state index in [9.17, 15) is 4.79 Å². The zero-order valence-electron chi connectivity index (χ0n) is 12.8. The Bertz CT molecular complexity index is 577. The topological polar surface area (TPSA) is 50.2 Å². The van der Waals surface area contributed by atoms with Crippen molar-refractivity contribution < 1.29 is 4.79 Å². The van der Waals surface area contributed by atoms with Crippen LogP contribution in [0.1, 0.15) is 18.1 Å². The molecule has 0 fully saturated rings. The number of rotatable bonds is 6. The van der Waals surface area contributed by atoms with Crippen LogP contribution in [0.3, 0.4) is 0 Å². The molecule has 0 saturated heterocycles. The zero-order chi connectivity index (χ0) is 15.2. The number of amides is 1. The average molecular weight is 286 g/mol. The van der Waals surface area contributed by atoms with Crippen molar-refractivity contribution in [2.24, 2.45) is 0 Å². The van der Waals surface area contributed by atoms with E-state index < -0.39 is 0 Å². The summed E-state index contributed by atoms with van der Waals surface area (Å²) < 4.78 is 1.91. The number of likely N-dealkylation sites (N-methyl/N-ethyl adjacent to an activating group) is 1. The summed E-state index contributed by atoms with van der Waals surface area (Å²) >= 11 is 0. The standard InChI is InChI=1S/C16H22N4O/c1-13(16(21)19(2)3)17-9-15-10-18-20(12-15)11-14-7-5-4-6-8-14/h4-8,10,12-13,17H,9,11H2,1-3H3. The van der Waals surface area contributed by atoms with E-state index in [4.69, 9.17) is 0 Å². The number of hydrogen-bond acceptors (Lipinski definition) is 3. The summed E-state index contributed by atoms with van der Waals surface area (Å²) in [5.41, 5.74) is 2.29. The Labute approximate surface area is 125 Å². The van der Waals surface area contributed by atoms with Gasteiger partial charge in [-0.3, -0.25) is 9.48 Å². The lowest BCUT2D eigenvalue weighted by molar-refractivity contribution is -0.130. The van der Waals surface area contributed by atoms with Gasteiger partial charge >= 0.3 is 0 Å². The van der Waals surface area contributed by atoms with E-state index in [2.05, 4.69) is 22.5 Å². The lowest BCUT2D eigenvalue weighted by atomic mass is 10.2. The van der Waals surface area contributed by atoms with E-state index in [1.807, 2.05) is 42.2 Å². The van der Waals surface area contributed by atoms with Gasteiger partial charge in [0.2, 0.25) is 5.91 Å². The Morgan fingerprint density at radius 2 is 2.00 bits per heavy atom. The highest BCUT2D eigenvalue weighted by molar-refractivity contribution is 5.80. The second-order valence-electron chi connectivity index (χ2n) is 5.37. The maximum absolute atomic E-state index is 11.8. The third-order valence-corrected chi connectivity index (χ3v) is 3.30. The molecule has 0 spiro atoms. The highest BCUT2D eigenvalue weighted by Gasteiger charge is 2.13. The van der Waals surface area contributed by atoms with Gasteiger partial charge < -0.3 is 10.2 Å². The lowest BCUT2D eigenvalue weighted by Gasteiger charge is -2.17. The van der Waals surface area contributed by atoms with Gasteiger partial charge in [0, 0.05) is 32.4 Å². The molecule has 1 N–H and O–H groups in total. The summed E-state index contributed by atoms with van der Waals surface area (Å²) in [7, 11) is 3.52. The van der Waals surface area contributed by atoms with Gasteiger partial charge in [-0.2, -0.15) is 5.10 Å². The van der Waals surface area contributed by atoms with Gasteiger partial charge in [-0.25, -0.2) is 0 Å². The average Bonchev–Trinajstić information content (AvgIpc) is 2.92. The molecule has 21 heavy (non-hydrogen) atoms. The molecule has 0 aliphatic heterocycles. The number of nitrogens with zero attached hydrogens (tertiary/aromatic N) is 3. The summed E-state index contributed by atoms with van der Waals surface area (Å²) in [5, 5.41) is 7.56.